The Labute approximate surface area is 243 Å². The van der Waals surface area contributed by atoms with Crippen molar-refractivity contribution < 1.29 is 14.0 Å². The van der Waals surface area contributed by atoms with Gasteiger partial charge in [-0.1, -0.05) is 0 Å². The van der Waals surface area contributed by atoms with Crippen LogP contribution >= 0.6 is 0 Å². The molecule has 11 nitrogen and oxygen atoms in total. The molecule has 3 aliphatic rings. The SMILES string of the molecule is CCN1C(=O)Nc2c(F)c(CN3CCN(c4ccc(C(=O)NC5CCC(C#N)CC5)nc4C)CC3)cc3ncnc1c23. The molecule has 6 rings (SSSR count). The normalized spacial score (nSPS) is 20.8. The summed E-state index contributed by atoms with van der Waals surface area (Å²) in [6.45, 7) is 7.45. The van der Waals surface area contributed by atoms with E-state index in [1.54, 1.807) is 12.1 Å². The highest BCUT2D eigenvalue weighted by molar-refractivity contribution is 6.17. The predicted molar refractivity (Wildman–Crippen MR) is 157 cm³/mol. The molecule has 2 aliphatic heterocycles. The van der Waals surface area contributed by atoms with Crippen molar-refractivity contribution in [2.45, 2.75) is 52.1 Å². The van der Waals surface area contributed by atoms with Crippen molar-refractivity contribution in [3.8, 4) is 6.07 Å². The second-order valence-electron chi connectivity index (χ2n) is 11.2. The molecule has 0 unspecified atom stereocenters. The maximum Gasteiger partial charge on any atom is 0.327 e. The second-order valence-corrected chi connectivity index (χ2v) is 11.2. The standard InChI is InChI=1S/C30H34FN9O2/c1-3-40-28-25-23(33-17-34-28)14-20(26(31)27(25)37-30(40)42)16-38-10-12-39(13-11-38)24-9-8-22(35-18(24)2)29(41)36-21-6-4-19(15-32)5-7-21/h8-9,14,17,19,21H,3-7,10-13,16H2,1-2H3,(H,36,41)(H,37,42). The van der Waals surface area contributed by atoms with Crippen LogP contribution in [-0.4, -0.2) is 70.6 Å². The summed E-state index contributed by atoms with van der Waals surface area (Å²) >= 11 is 0. The molecular formula is C30H34FN9O2. The summed E-state index contributed by atoms with van der Waals surface area (Å²) in [5, 5.41) is 15.4. The van der Waals surface area contributed by atoms with Gasteiger partial charge in [0.2, 0.25) is 0 Å². The molecule has 0 bridgehead atoms. The number of rotatable bonds is 6. The van der Waals surface area contributed by atoms with Crippen LogP contribution in [0.3, 0.4) is 0 Å². The van der Waals surface area contributed by atoms with Crippen LogP contribution in [0.5, 0.6) is 0 Å². The number of urea groups is 1. The molecule has 1 aromatic carbocycles. The van der Waals surface area contributed by atoms with Gasteiger partial charge in [0.05, 0.1) is 34.0 Å². The number of piperazine rings is 1. The number of benzene rings is 1. The van der Waals surface area contributed by atoms with Crippen LogP contribution in [0.1, 0.15) is 54.4 Å². The van der Waals surface area contributed by atoms with Gasteiger partial charge in [0, 0.05) is 56.8 Å². The molecule has 2 fully saturated rings. The van der Waals surface area contributed by atoms with Crippen LogP contribution in [0.25, 0.3) is 10.9 Å². The molecule has 1 aliphatic carbocycles. The van der Waals surface area contributed by atoms with E-state index in [2.05, 4.69) is 41.5 Å². The molecule has 0 atom stereocenters. The first-order valence-corrected chi connectivity index (χ1v) is 14.6. The predicted octanol–water partition coefficient (Wildman–Crippen LogP) is 3.98. The van der Waals surface area contributed by atoms with Gasteiger partial charge in [0.15, 0.2) is 5.82 Å². The second kappa shape index (κ2) is 11.5. The Morgan fingerprint density at radius 1 is 1.17 bits per heavy atom. The number of anilines is 3. The molecular weight excluding hydrogens is 537 g/mol. The number of nitrogens with zero attached hydrogens (tertiary/aromatic N) is 7. The summed E-state index contributed by atoms with van der Waals surface area (Å²) < 4.78 is 15.7. The third-order valence-electron chi connectivity index (χ3n) is 8.61. The quantitative estimate of drug-likeness (QED) is 0.455. The lowest BCUT2D eigenvalue weighted by Gasteiger charge is -2.37. The maximum absolute atomic E-state index is 15.7. The lowest BCUT2D eigenvalue weighted by Crippen LogP contribution is -2.46. The summed E-state index contributed by atoms with van der Waals surface area (Å²) in [6, 6.07) is 7.48. The van der Waals surface area contributed by atoms with Crippen LogP contribution < -0.4 is 20.4 Å². The Kier molecular flexibility index (Phi) is 7.60. The highest BCUT2D eigenvalue weighted by Gasteiger charge is 2.31. The molecule has 4 heterocycles. The Balaban J connectivity index is 1.10. The Morgan fingerprint density at radius 2 is 1.93 bits per heavy atom. The van der Waals surface area contributed by atoms with Crippen molar-refractivity contribution in [1.29, 1.82) is 5.26 Å². The van der Waals surface area contributed by atoms with Gasteiger partial charge in [0.25, 0.3) is 5.91 Å². The lowest BCUT2D eigenvalue weighted by molar-refractivity contribution is 0.0919. The molecule has 218 valence electrons. The summed E-state index contributed by atoms with van der Waals surface area (Å²) in [7, 11) is 0. The van der Waals surface area contributed by atoms with E-state index in [0.717, 1.165) is 50.2 Å². The Bertz CT molecular complexity index is 1570. The maximum atomic E-state index is 15.7. The fourth-order valence-corrected chi connectivity index (χ4v) is 6.27. The van der Waals surface area contributed by atoms with E-state index in [0.29, 0.717) is 54.2 Å². The molecule has 12 heteroatoms. The molecule has 1 saturated carbocycles. The molecule has 0 radical (unpaired) electrons. The minimum atomic E-state index is -0.447. The van der Waals surface area contributed by atoms with Crippen molar-refractivity contribution in [2.24, 2.45) is 5.92 Å². The number of carbonyl (C=O) groups is 2. The van der Waals surface area contributed by atoms with Crippen LogP contribution in [0.2, 0.25) is 0 Å². The summed E-state index contributed by atoms with van der Waals surface area (Å²) in [6.07, 6.45) is 4.68. The molecule has 1 saturated heterocycles. The van der Waals surface area contributed by atoms with Gasteiger partial charge in [-0.05, 0) is 57.7 Å². The van der Waals surface area contributed by atoms with Gasteiger partial charge in [-0.15, -0.1) is 0 Å². The van der Waals surface area contributed by atoms with Gasteiger partial charge in [0.1, 0.15) is 17.8 Å². The van der Waals surface area contributed by atoms with E-state index >= 15 is 4.39 Å². The van der Waals surface area contributed by atoms with Crippen molar-refractivity contribution in [3.05, 3.63) is 47.3 Å². The van der Waals surface area contributed by atoms with E-state index in [-0.39, 0.29) is 23.6 Å². The number of hydrogen-bond donors (Lipinski definition) is 2. The number of nitriles is 1. The van der Waals surface area contributed by atoms with Gasteiger partial charge in [-0.2, -0.15) is 5.26 Å². The number of pyridine rings is 1. The topological polar surface area (TPSA) is 130 Å². The van der Waals surface area contributed by atoms with Crippen LogP contribution in [0.15, 0.2) is 24.5 Å². The van der Waals surface area contributed by atoms with Crippen LogP contribution in [-0.2, 0) is 6.54 Å². The Morgan fingerprint density at radius 3 is 2.62 bits per heavy atom. The minimum Gasteiger partial charge on any atom is -0.368 e. The molecule has 2 aromatic heterocycles. The Hall–Kier alpha value is -4.37. The molecule has 3 amide bonds. The zero-order valence-corrected chi connectivity index (χ0v) is 23.9. The fourth-order valence-electron chi connectivity index (χ4n) is 6.27. The average Bonchev–Trinajstić information content (AvgIpc) is 3.00. The van der Waals surface area contributed by atoms with Gasteiger partial charge < -0.3 is 15.5 Å². The van der Waals surface area contributed by atoms with Crippen molar-refractivity contribution in [3.63, 3.8) is 0 Å². The molecule has 42 heavy (non-hydrogen) atoms. The summed E-state index contributed by atoms with van der Waals surface area (Å²) in [5.41, 5.74) is 3.39. The van der Waals surface area contributed by atoms with Crippen LogP contribution in [0, 0.1) is 30.0 Å². The number of aryl methyl sites for hydroxylation is 1. The summed E-state index contributed by atoms with van der Waals surface area (Å²) in [4.78, 5) is 44.5. The third-order valence-corrected chi connectivity index (χ3v) is 8.61. The zero-order chi connectivity index (χ0) is 29.4. The highest BCUT2D eigenvalue weighted by atomic mass is 19.1. The number of aromatic nitrogens is 3. The van der Waals surface area contributed by atoms with Gasteiger partial charge in [-0.25, -0.2) is 24.1 Å². The van der Waals surface area contributed by atoms with E-state index in [1.807, 2.05) is 19.9 Å². The fraction of sp³-hybridized carbons (Fsp3) is 0.467. The smallest absolute Gasteiger partial charge is 0.327 e. The monoisotopic (exact) mass is 571 g/mol. The van der Waals surface area contributed by atoms with E-state index in [9.17, 15) is 9.59 Å². The molecule has 0 spiro atoms. The van der Waals surface area contributed by atoms with Gasteiger partial charge in [-0.3, -0.25) is 14.6 Å². The highest BCUT2D eigenvalue weighted by Crippen LogP contribution is 2.38. The van der Waals surface area contributed by atoms with Crippen molar-refractivity contribution in [2.75, 3.05) is 47.8 Å². The number of hydrogen-bond acceptors (Lipinski definition) is 8. The number of nitrogens with one attached hydrogen (secondary N) is 2. The first kappa shape index (κ1) is 27.8. The summed E-state index contributed by atoms with van der Waals surface area (Å²) in [5.74, 6) is -0.107. The molecule has 2 N–H and O–H groups in total. The number of carbonyl (C=O) groups excluding carboxylic acids is 2. The largest absolute Gasteiger partial charge is 0.368 e. The van der Waals surface area contributed by atoms with E-state index in [1.165, 1.54) is 11.2 Å². The number of amides is 3. The van der Waals surface area contributed by atoms with Crippen LogP contribution in [0.4, 0.5) is 26.4 Å². The number of halogens is 1. The zero-order valence-electron chi connectivity index (χ0n) is 23.9. The van der Waals surface area contributed by atoms with Gasteiger partial charge >= 0.3 is 6.03 Å². The lowest BCUT2D eigenvalue weighted by atomic mass is 9.87. The molecule has 3 aromatic rings. The van der Waals surface area contributed by atoms with E-state index < -0.39 is 11.8 Å². The van der Waals surface area contributed by atoms with E-state index in [4.69, 9.17) is 5.26 Å². The minimum absolute atomic E-state index is 0.0834. The average molecular weight is 572 g/mol. The third kappa shape index (κ3) is 5.20. The first-order valence-electron chi connectivity index (χ1n) is 14.6. The first-order chi connectivity index (χ1) is 20.4. The van der Waals surface area contributed by atoms with Crippen molar-refractivity contribution in [1.82, 2.24) is 25.2 Å². The van der Waals surface area contributed by atoms with Crippen molar-refractivity contribution >= 4 is 40.0 Å².